The standard InChI is InChI=1S/C23H19F3N4/c24-15-4-6-18(25)17(11-15)21-2-1-9-29(21)16-5-8-23-28-12-22(30(23)13-16)14-3-7-20(27)19(26)10-14/h3-8,10-13,21H,1-2,9,27H2. The third kappa shape index (κ3) is 3.07. The molecule has 1 unspecified atom stereocenters. The quantitative estimate of drug-likeness (QED) is 0.466. The van der Waals surface area contributed by atoms with Gasteiger partial charge in [0.15, 0.2) is 0 Å². The SMILES string of the molecule is Nc1ccc(-c2cnc3ccc(N4CCCC4c4cc(F)ccc4F)cn23)cc1F. The molecular weight excluding hydrogens is 389 g/mol. The molecule has 1 aliphatic rings. The van der Waals surface area contributed by atoms with Crippen molar-refractivity contribution >= 4 is 17.0 Å². The summed E-state index contributed by atoms with van der Waals surface area (Å²) in [4.78, 5) is 6.47. The number of pyridine rings is 1. The van der Waals surface area contributed by atoms with Gasteiger partial charge in [-0.3, -0.25) is 4.40 Å². The van der Waals surface area contributed by atoms with Gasteiger partial charge in [0, 0.05) is 23.9 Å². The van der Waals surface area contributed by atoms with Crippen LogP contribution in [0.2, 0.25) is 0 Å². The van der Waals surface area contributed by atoms with Crippen molar-refractivity contribution in [3.63, 3.8) is 0 Å². The number of nitrogens with two attached hydrogens (primary N) is 1. The van der Waals surface area contributed by atoms with Gasteiger partial charge in [0.1, 0.15) is 23.1 Å². The Balaban J connectivity index is 1.57. The predicted octanol–water partition coefficient (Wildman–Crippen LogP) is 5.34. The summed E-state index contributed by atoms with van der Waals surface area (Å²) in [6, 6.07) is 11.8. The fourth-order valence-electron chi connectivity index (χ4n) is 4.21. The topological polar surface area (TPSA) is 46.6 Å². The molecule has 5 rings (SSSR count). The molecule has 1 saturated heterocycles. The van der Waals surface area contributed by atoms with E-state index < -0.39 is 17.5 Å². The minimum absolute atomic E-state index is 0.0882. The highest BCUT2D eigenvalue weighted by Gasteiger charge is 2.29. The summed E-state index contributed by atoms with van der Waals surface area (Å²) in [6.45, 7) is 0.729. The van der Waals surface area contributed by atoms with Gasteiger partial charge in [-0.15, -0.1) is 0 Å². The van der Waals surface area contributed by atoms with Crippen LogP contribution in [-0.2, 0) is 0 Å². The maximum absolute atomic E-state index is 14.4. The van der Waals surface area contributed by atoms with Gasteiger partial charge in [-0.05, 0) is 55.3 Å². The average molecular weight is 408 g/mol. The van der Waals surface area contributed by atoms with E-state index in [9.17, 15) is 13.2 Å². The fraction of sp³-hybridized carbons (Fsp3) is 0.174. The van der Waals surface area contributed by atoms with E-state index in [2.05, 4.69) is 9.88 Å². The van der Waals surface area contributed by atoms with Crippen molar-refractivity contribution in [3.05, 3.63) is 83.9 Å². The van der Waals surface area contributed by atoms with Gasteiger partial charge in [0.25, 0.3) is 0 Å². The smallest absolute Gasteiger partial charge is 0.146 e. The molecule has 3 heterocycles. The van der Waals surface area contributed by atoms with Crippen molar-refractivity contribution in [3.8, 4) is 11.3 Å². The molecule has 0 saturated carbocycles. The van der Waals surface area contributed by atoms with E-state index in [1.54, 1.807) is 12.3 Å². The molecule has 1 fully saturated rings. The van der Waals surface area contributed by atoms with E-state index in [1.807, 2.05) is 22.7 Å². The minimum atomic E-state index is -0.486. The summed E-state index contributed by atoms with van der Waals surface area (Å²) in [5.74, 6) is -1.34. The third-order valence-electron chi connectivity index (χ3n) is 5.69. The number of nitrogens with zero attached hydrogens (tertiary/aromatic N) is 3. The largest absolute Gasteiger partial charge is 0.396 e. The maximum atomic E-state index is 14.4. The number of aromatic nitrogens is 2. The monoisotopic (exact) mass is 408 g/mol. The van der Waals surface area contributed by atoms with Crippen LogP contribution < -0.4 is 10.6 Å². The third-order valence-corrected chi connectivity index (χ3v) is 5.69. The zero-order valence-corrected chi connectivity index (χ0v) is 16.0. The lowest BCUT2D eigenvalue weighted by Gasteiger charge is -2.27. The van der Waals surface area contributed by atoms with Crippen LogP contribution in [-0.4, -0.2) is 15.9 Å². The first-order valence-corrected chi connectivity index (χ1v) is 9.75. The van der Waals surface area contributed by atoms with Gasteiger partial charge in [0.2, 0.25) is 0 Å². The highest BCUT2D eigenvalue weighted by molar-refractivity contribution is 5.67. The van der Waals surface area contributed by atoms with Gasteiger partial charge in [-0.2, -0.15) is 0 Å². The van der Waals surface area contributed by atoms with E-state index in [-0.39, 0.29) is 11.7 Å². The van der Waals surface area contributed by atoms with Crippen LogP contribution in [0, 0.1) is 17.5 Å². The predicted molar refractivity (Wildman–Crippen MR) is 111 cm³/mol. The summed E-state index contributed by atoms with van der Waals surface area (Å²) in [5, 5.41) is 0. The van der Waals surface area contributed by atoms with Crippen molar-refractivity contribution < 1.29 is 13.2 Å². The second-order valence-corrected chi connectivity index (χ2v) is 7.51. The van der Waals surface area contributed by atoms with E-state index in [0.29, 0.717) is 16.8 Å². The number of benzene rings is 2. The Morgan fingerprint density at radius 3 is 2.67 bits per heavy atom. The second-order valence-electron chi connectivity index (χ2n) is 7.51. The molecule has 0 bridgehead atoms. The highest BCUT2D eigenvalue weighted by Crippen LogP contribution is 2.38. The van der Waals surface area contributed by atoms with Crippen LogP contribution in [0.4, 0.5) is 24.5 Å². The zero-order valence-electron chi connectivity index (χ0n) is 16.0. The van der Waals surface area contributed by atoms with Crippen molar-refractivity contribution in [2.75, 3.05) is 17.2 Å². The maximum Gasteiger partial charge on any atom is 0.146 e. The molecule has 0 spiro atoms. The molecule has 2 aromatic heterocycles. The summed E-state index contributed by atoms with van der Waals surface area (Å²) < 4.78 is 44.0. The molecular formula is C23H19F3N4. The van der Waals surface area contributed by atoms with Crippen LogP contribution >= 0.6 is 0 Å². The molecule has 1 aliphatic heterocycles. The molecule has 0 amide bonds. The number of hydrogen-bond acceptors (Lipinski definition) is 3. The van der Waals surface area contributed by atoms with E-state index in [4.69, 9.17) is 5.73 Å². The first kappa shape index (κ1) is 18.5. The van der Waals surface area contributed by atoms with Gasteiger partial charge < -0.3 is 10.6 Å². The molecule has 2 aromatic carbocycles. The van der Waals surface area contributed by atoms with Crippen LogP contribution in [0.25, 0.3) is 16.9 Å². The molecule has 0 radical (unpaired) electrons. The van der Waals surface area contributed by atoms with Gasteiger partial charge in [-0.25, -0.2) is 18.2 Å². The first-order chi connectivity index (χ1) is 14.5. The molecule has 152 valence electrons. The first-order valence-electron chi connectivity index (χ1n) is 9.75. The van der Waals surface area contributed by atoms with E-state index in [0.717, 1.165) is 36.8 Å². The Morgan fingerprint density at radius 1 is 0.967 bits per heavy atom. The molecule has 2 N–H and O–H groups in total. The normalized spacial score (nSPS) is 16.5. The Hall–Kier alpha value is -3.48. The lowest BCUT2D eigenvalue weighted by molar-refractivity contribution is 0.561. The Labute approximate surface area is 171 Å². The summed E-state index contributed by atoms with van der Waals surface area (Å²) in [6.07, 6.45) is 5.19. The second kappa shape index (κ2) is 7.09. The van der Waals surface area contributed by atoms with Crippen molar-refractivity contribution in [2.24, 2.45) is 0 Å². The lowest BCUT2D eigenvalue weighted by atomic mass is 10.0. The van der Waals surface area contributed by atoms with E-state index in [1.165, 1.54) is 24.3 Å². The summed E-state index contributed by atoms with van der Waals surface area (Å²) in [7, 11) is 0. The van der Waals surface area contributed by atoms with Crippen molar-refractivity contribution in [1.29, 1.82) is 0 Å². The number of anilines is 2. The number of hydrogen-bond donors (Lipinski definition) is 1. The number of halogens is 3. The fourth-order valence-corrected chi connectivity index (χ4v) is 4.21. The minimum Gasteiger partial charge on any atom is -0.396 e. The van der Waals surface area contributed by atoms with Gasteiger partial charge >= 0.3 is 0 Å². The Bertz CT molecular complexity index is 1250. The Morgan fingerprint density at radius 2 is 1.83 bits per heavy atom. The van der Waals surface area contributed by atoms with Crippen LogP contribution in [0.15, 0.2) is 60.9 Å². The molecule has 30 heavy (non-hydrogen) atoms. The number of nitrogen functional groups attached to an aromatic ring is 1. The number of fused-ring (bicyclic) bond motifs is 1. The molecule has 4 nitrogen and oxygen atoms in total. The summed E-state index contributed by atoms with van der Waals surface area (Å²) >= 11 is 0. The van der Waals surface area contributed by atoms with E-state index >= 15 is 0 Å². The summed E-state index contributed by atoms with van der Waals surface area (Å²) in [5.41, 5.74) is 8.99. The zero-order chi connectivity index (χ0) is 20.8. The van der Waals surface area contributed by atoms with Gasteiger partial charge in [0.05, 0.1) is 29.3 Å². The lowest BCUT2D eigenvalue weighted by Crippen LogP contribution is -2.23. The highest BCUT2D eigenvalue weighted by atomic mass is 19.1. The number of rotatable bonds is 3. The molecule has 0 aliphatic carbocycles. The van der Waals surface area contributed by atoms with Crippen LogP contribution in [0.1, 0.15) is 24.4 Å². The number of imidazole rings is 1. The van der Waals surface area contributed by atoms with Crippen molar-refractivity contribution in [2.45, 2.75) is 18.9 Å². The van der Waals surface area contributed by atoms with Crippen molar-refractivity contribution in [1.82, 2.24) is 9.38 Å². The average Bonchev–Trinajstić information content (AvgIpc) is 3.38. The van der Waals surface area contributed by atoms with Crippen LogP contribution in [0.5, 0.6) is 0 Å². The van der Waals surface area contributed by atoms with Crippen LogP contribution in [0.3, 0.4) is 0 Å². The Kier molecular flexibility index (Phi) is 4.38. The molecule has 4 aromatic rings. The molecule has 7 heteroatoms. The molecule has 1 atom stereocenters. The van der Waals surface area contributed by atoms with Gasteiger partial charge in [-0.1, -0.05) is 6.07 Å².